The Hall–Kier alpha value is -6.38. The van der Waals surface area contributed by atoms with E-state index in [4.69, 9.17) is 9.97 Å². The van der Waals surface area contributed by atoms with Crippen LogP contribution in [0.2, 0.25) is 0 Å². The molecule has 0 unspecified atom stereocenters. The summed E-state index contributed by atoms with van der Waals surface area (Å²) in [5.74, 6) is 0.713. The van der Waals surface area contributed by atoms with Gasteiger partial charge in [0, 0.05) is 16.7 Å². The maximum atomic E-state index is 5.25. The van der Waals surface area contributed by atoms with Crippen LogP contribution in [0.5, 0.6) is 0 Å². The third-order valence-corrected chi connectivity index (χ3v) is 9.52. The van der Waals surface area contributed by atoms with Crippen LogP contribution in [0.15, 0.2) is 176 Å². The van der Waals surface area contributed by atoms with Gasteiger partial charge in [-0.3, -0.25) is 0 Å². The fourth-order valence-corrected chi connectivity index (χ4v) is 7.15. The lowest BCUT2D eigenvalue weighted by Crippen LogP contribution is -1.99. The van der Waals surface area contributed by atoms with Crippen molar-refractivity contribution in [2.45, 2.75) is 6.42 Å². The molecule has 0 N–H and O–H groups in total. The second-order valence-corrected chi connectivity index (χ2v) is 12.5. The maximum absolute atomic E-state index is 5.25. The molecule has 0 amide bonds. The van der Waals surface area contributed by atoms with Gasteiger partial charge in [-0.25, -0.2) is 9.97 Å². The molecule has 0 atom stereocenters. The molecular formula is C47H32N2. The first kappa shape index (κ1) is 28.8. The van der Waals surface area contributed by atoms with Gasteiger partial charge in [0.25, 0.3) is 0 Å². The van der Waals surface area contributed by atoms with Gasteiger partial charge in [-0.2, -0.15) is 0 Å². The molecule has 0 radical (unpaired) electrons. The van der Waals surface area contributed by atoms with Crippen LogP contribution in [0.3, 0.4) is 0 Å². The van der Waals surface area contributed by atoms with Gasteiger partial charge >= 0.3 is 0 Å². The molecule has 0 bridgehead atoms. The van der Waals surface area contributed by atoms with E-state index in [2.05, 4.69) is 164 Å². The van der Waals surface area contributed by atoms with Crippen LogP contribution in [0.25, 0.3) is 78.2 Å². The molecule has 7 aromatic carbocycles. The predicted molar refractivity (Wildman–Crippen MR) is 206 cm³/mol. The standard InChI is InChI=1S/C47H32N2/c1-3-15-33(16-4-1)37-20-9-10-22-41-40(37)24-13-25-43(41)45-31-46(49-47(48-45)34-17-5-2-6-18-34)44-29-28-38(39-21-11-12-23-42(39)44)36-27-26-32-14-7-8-19-35(32)30-36/h1-8,10-31H,9H2. The van der Waals surface area contributed by atoms with Crippen molar-refractivity contribution in [1.82, 2.24) is 9.97 Å². The fourth-order valence-electron chi connectivity index (χ4n) is 7.15. The van der Waals surface area contributed by atoms with Gasteiger partial charge in [-0.15, -0.1) is 0 Å². The van der Waals surface area contributed by atoms with Gasteiger partial charge in [0.2, 0.25) is 0 Å². The smallest absolute Gasteiger partial charge is 0.160 e. The molecule has 1 aromatic heterocycles. The van der Waals surface area contributed by atoms with Crippen LogP contribution in [-0.4, -0.2) is 9.97 Å². The predicted octanol–water partition coefficient (Wildman–Crippen LogP) is 12.3. The lowest BCUT2D eigenvalue weighted by atomic mass is 9.90. The average Bonchev–Trinajstić information content (AvgIpc) is 3.41. The zero-order valence-corrected chi connectivity index (χ0v) is 26.9. The largest absolute Gasteiger partial charge is 0.228 e. The number of hydrogen-bond acceptors (Lipinski definition) is 2. The molecule has 0 saturated carbocycles. The first-order valence-electron chi connectivity index (χ1n) is 16.8. The lowest BCUT2D eigenvalue weighted by molar-refractivity contribution is 1.18. The second-order valence-electron chi connectivity index (χ2n) is 12.5. The summed E-state index contributed by atoms with van der Waals surface area (Å²) in [6.07, 6.45) is 7.70. The molecule has 0 spiro atoms. The molecule has 1 aliphatic rings. The van der Waals surface area contributed by atoms with Crippen molar-refractivity contribution in [3.63, 3.8) is 0 Å². The van der Waals surface area contributed by atoms with Crippen molar-refractivity contribution in [2.75, 3.05) is 0 Å². The van der Waals surface area contributed by atoms with Gasteiger partial charge in [-0.1, -0.05) is 170 Å². The molecular weight excluding hydrogens is 593 g/mol. The summed E-state index contributed by atoms with van der Waals surface area (Å²) >= 11 is 0. The topological polar surface area (TPSA) is 25.8 Å². The van der Waals surface area contributed by atoms with E-state index in [1.54, 1.807) is 0 Å². The molecule has 230 valence electrons. The van der Waals surface area contributed by atoms with Crippen LogP contribution >= 0.6 is 0 Å². The van der Waals surface area contributed by atoms with Crippen LogP contribution in [-0.2, 0) is 0 Å². The van der Waals surface area contributed by atoms with E-state index in [0.29, 0.717) is 5.82 Å². The monoisotopic (exact) mass is 624 g/mol. The first-order chi connectivity index (χ1) is 24.3. The summed E-state index contributed by atoms with van der Waals surface area (Å²) in [5.41, 5.74) is 12.2. The molecule has 0 fully saturated rings. The quantitative estimate of drug-likeness (QED) is 0.190. The van der Waals surface area contributed by atoms with E-state index in [1.807, 2.05) is 18.2 Å². The normalized spacial score (nSPS) is 12.4. The maximum Gasteiger partial charge on any atom is 0.160 e. The number of fused-ring (bicyclic) bond motifs is 3. The molecule has 0 saturated heterocycles. The van der Waals surface area contributed by atoms with Crippen molar-refractivity contribution in [3.8, 4) is 45.0 Å². The van der Waals surface area contributed by atoms with E-state index >= 15 is 0 Å². The SMILES string of the molecule is C1=Cc2c(cccc2-c2cc(-c3ccc(-c4ccc5ccccc5c4)c4ccccc34)nc(-c3ccccc3)n2)C(c2ccccc2)=CC1. The molecule has 0 aliphatic heterocycles. The Kier molecular flexibility index (Phi) is 7.25. The number of benzene rings is 7. The summed E-state index contributed by atoms with van der Waals surface area (Å²) < 4.78 is 0. The van der Waals surface area contributed by atoms with E-state index < -0.39 is 0 Å². The summed E-state index contributed by atoms with van der Waals surface area (Å²) in [6, 6.07) is 58.2. The summed E-state index contributed by atoms with van der Waals surface area (Å²) in [6.45, 7) is 0. The Morgan fingerprint density at radius 1 is 0.408 bits per heavy atom. The van der Waals surface area contributed by atoms with Crippen molar-refractivity contribution in [3.05, 3.63) is 193 Å². The Labute approximate surface area is 286 Å². The molecule has 2 heteroatoms. The van der Waals surface area contributed by atoms with E-state index in [1.165, 1.54) is 49.5 Å². The number of nitrogens with zero attached hydrogens (tertiary/aromatic N) is 2. The number of allylic oxidation sites excluding steroid dienone is 2. The number of rotatable bonds is 5. The Morgan fingerprint density at radius 2 is 1.04 bits per heavy atom. The van der Waals surface area contributed by atoms with Crippen LogP contribution in [0, 0.1) is 0 Å². The van der Waals surface area contributed by atoms with Crippen LogP contribution in [0.4, 0.5) is 0 Å². The molecule has 8 aromatic rings. The van der Waals surface area contributed by atoms with Crippen molar-refractivity contribution in [2.24, 2.45) is 0 Å². The highest BCUT2D eigenvalue weighted by atomic mass is 14.9. The number of hydrogen-bond donors (Lipinski definition) is 0. The summed E-state index contributed by atoms with van der Waals surface area (Å²) in [4.78, 5) is 10.5. The zero-order chi connectivity index (χ0) is 32.6. The molecule has 49 heavy (non-hydrogen) atoms. The Balaban J connectivity index is 1.24. The first-order valence-corrected chi connectivity index (χ1v) is 16.8. The minimum Gasteiger partial charge on any atom is -0.228 e. The molecule has 9 rings (SSSR count). The van der Waals surface area contributed by atoms with Crippen molar-refractivity contribution < 1.29 is 0 Å². The second kappa shape index (κ2) is 12.3. The van der Waals surface area contributed by atoms with Gasteiger partial charge in [0.1, 0.15) is 0 Å². The molecule has 1 heterocycles. The van der Waals surface area contributed by atoms with Crippen LogP contribution < -0.4 is 0 Å². The van der Waals surface area contributed by atoms with E-state index in [-0.39, 0.29) is 0 Å². The van der Waals surface area contributed by atoms with Crippen molar-refractivity contribution >= 4 is 33.2 Å². The zero-order valence-electron chi connectivity index (χ0n) is 26.9. The number of aromatic nitrogens is 2. The fraction of sp³-hybridized carbons (Fsp3) is 0.0213. The van der Waals surface area contributed by atoms with E-state index in [0.717, 1.165) is 39.9 Å². The minimum absolute atomic E-state index is 0.713. The van der Waals surface area contributed by atoms with Gasteiger partial charge < -0.3 is 0 Å². The lowest BCUT2D eigenvalue weighted by Gasteiger charge is -2.17. The molecule has 2 nitrogen and oxygen atoms in total. The highest BCUT2D eigenvalue weighted by Gasteiger charge is 2.19. The van der Waals surface area contributed by atoms with Crippen molar-refractivity contribution in [1.29, 1.82) is 0 Å². The van der Waals surface area contributed by atoms with Crippen LogP contribution in [0.1, 0.15) is 23.1 Å². The molecule has 1 aliphatic carbocycles. The average molecular weight is 625 g/mol. The van der Waals surface area contributed by atoms with Gasteiger partial charge in [0.15, 0.2) is 5.82 Å². The van der Waals surface area contributed by atoms with Gasteiger partial charge in [0.05, 0.1) is 11.4 Å². The highest BCUT2D eigenvalue weighted by Crippen LogP contribution is 2.40. The third-order valence-electron chi connectivity index (χ3n) is 9.52. The third kappa shape index (κ3) is 5.34. The Bertz CT molecular complexity index is 2560. The van der Waals surface area contributed by atoms with Gasteiger partial charge in [-0.05, 0) is 73.5 Å². The van der Waals surface area contributed by atoms with E-state index in [9.17, 15) is 0 Å². The summed E-state index contributed by atoms with van der Waals surface area (Å²) in [5, 5.41) is 4.85. The summed E-state index contributed by atoms with van der Waals surface area (Å²) in [7, 11) is 0. The highest BCUT2D eigenvalue weighted by molar-refractivity contribution is 6.06. The minimum atomic E-state index is 0.713. The Morgan fingerprint density at radius 3 is 1.84 bits per heavy atom.